The highest BCUT2D eigenvalue weighted by atomic mass is 16.5. The van der Waals surface area contributed by atoms with E-state index in [0.29, 0.717) is 12.3 Å². The Morgan fingerprint density at radius 3 is 2.82 bits per heavy atom. The lowest BCUT2D eigenvalue weighted by Crippen LogP contribution is -2.73. The van der Waals surface area contributed by atoms with Crippen LogP contribution in [0.1, 0.15) is 43.2 Å². The van der Waals surface area contributed by atoms with Crippen molar-refractivity contribution in [1.29, 1.82) is 0 Å². The van der Waals surface area contributed by atoms with Crippen molar-refractivity contribution in [3.8, 4) is 11.5 Å². The number of hydrogen-bond donors (Lipinski definition) is 4. The van der Waals surface area contributed by atoms with E-state index < -0.39 is 16.6 Å². The lowest BCUT2D eigenvalue weighted by atomic mass is 9.57. The third-order valence-electron chi connectivity index (χ3n) is 9.16. The molecule has 4 N–H and O–H groups in total. The molecule has 4 fully saturated rings. The van der Waals surface area contributed by atoms with Crippen LogP contribution in [0.3, 0.4) is 0 Å². The summed E-state index contributed by atoms with van der Waals surface area (Å²) in [5.41, 5.74) is 0.478. The molecule has 0 radical (unpaired) electrons. The topological polar surface area (TPSA) is 85.2 Å². The summed E-state index contributed by atoms with van der Waals surface area (Å²) in [6.45, 7) is 1.61. The number of likely N-dealkylation sites (tertiary alicyclic amines) is 1. The molecule has 0 amide bonds. The monoisotopic (exact) mass is 384 g/mol. The van der Waals surface area contributed by atoms with Crippen molar-refractivity contribution < 1.29 is 20.1 Å². The van der Waals surface area contributed by atoms with E-state index in [1.165, 1.54) is 5.56 Å². The molecule has 2 heterocycles. The van der Waals surface area contributed by atoms with Crippen molar-refractivity contribution in [1.82, 2.24) is 10.2 Å². The van der Waals surface area contributed by atoms with E-state index in [1.54, 1.807) is 6.07 Å². The molecule has 2 bridgehead atoms. The molecule has 1 aromatic carbocycles. The standard InChI is InChI=1S/C22H28N2O4/c1-23-13-4-5-22(27)18-19(10-24(18)11-20(26)6-7-20)8-12-2-3-14(25)16-15(12)21(22,9-19)17(13)28-16/h2-3,13,17-18,23,25-27H,4-11H2,1H3/t13-,17+,18?,19?,21+,22-/m1/s1. The number of nitrogens with zero attached hydrogens (tertiary/aromatic N) is 1. The Morgan fingerprint density at radius 2 is 2.07 bits per heavy atom. The molecule has 0 aromatic heterocycles. The molecule has 28 heavy (non-hydrogen) atoms. The molecule has 6 atom stereocenters. The molecule has 6 heteroatoms. The quantitative estimate of drug-likeness (QED) is 0.613. The van der Waals surface area contributed by atoms with Crippen molar-refractivity contribution in [2.24, 2.45) is 5.41 Å². The van der Waals surface area contributed by atoms with E-state index in [9.17, 15) is 15.3 Å². The van der Waals surface area contributed by atoms with Gasteiger partial charge in [0.05, 0.1) is 16.6 Å². The highest BCUT2D eigenvalue weighted by molar-refractivity contribution is 5.64. The summed E-state index contributed by atoms with van der Waals surface area (Å²) in [5, 5.41) is 36.9. The van der Waals surface area contributed by atoms with E-state index >= 15 is 0 Å². The molecule has 1 aromatic rings. The molecule has 6 nitrogen and oxygen atoms in total. The van der Waals surface area contributed by atoms with E-state index in [1.807, 2.05) is 13.1 Å². The Balaban J connectivity index is 1.44. The molecule has 6 aliphatic rings. The highest BCUT2D eigenvalue weighted by Gasteiger charge is 2.83. The number of phenolic OH excluding ortho intramolecular Hbond substituents is 1. The van der Waals surface area contributed by atoms with Crippen LogP contribution in [0.4, 0.5) is 0 Å². The van der Waals surface area contributed by atoms with E-state index in [0.717, 1.165) is 50.6 Å². The third kappa shape index (κ3) is 1.54. The number of hydrogen-bond acceptors (Lipinski definition) is 6. The third-order valence-corrected chi connectivity index (χ3v) is 9.16. The molecule has 3 saturated carbocycles. The van der Waals surface area contributed by atoms with E-state index in [2.05, 4.69) is 10.2 Å². The average molecular weight is 384 g/mol. The minimum absolute atomic E-state index is 0.0514. The SMILES string of the molecule is CN[C@@H]1CC[C@@]2(O)C3N(CC4(O)CC4)CC34Cc3ccc(O)c5c3[C@@]2(C4)[C@H]1O5. The first-order valence-electron chi connectivity index (χ1n) is 10.7. The van der Waals surface area contributed by atoms with Gasteiger partial charge in [-0.3, -0.25) is 4.90 Å². The first-order valence-corrected chi connectivity index (χ1v) is 10.7. The predicted octanol–water partition coefficient (Wildman–Crippen LogP) is 0.659. The number of likely N-dealkylation sites (N-methyl/N-ethyl adjacent to an activating group) is 1. The number of phenols is 1. The van der Waals surface area contributed by atoms with Gasteiger partial charge in [0, 0.05) is 36.2 Å². The zero-order chi connectivity index (χ0) is 19.1. The maximum atomic E-state index is 12.4. The average Bonchev–Trinajstić information content (AvgIpc) is 3.21. The summed E-state index contributed by atoms with van der Waals surface area (Å²) >= 11 is 0. The summed E-state index contributed by atoms with van der Waals surface area (Å²) in [6, 6.07) is 4.03. The number of fused-ring (bicyclic) bond motifs is 1. The second-order valence-electron chi connectivity index (χ2n) is 10.6. The van der Waals surface area contributed by atoms with Crippen molar-refractivity contribution >= 4 is 0 Å². The van der Waals surface area contributed by atoms with Crippen LogP contribution in [0.2, 0.25) is 0 Å². The Labute approximate surface area is 164 Å². The molecule has 7 rings (SSSR count). The van der Waals surface area contributed by atoms with Crippen LogP contribution in [0.5, 0.6) is 11.5 Å². The van der Waals surface area contributed by atoms with Gasteiger partial charge in [0.25, 0.3) is 0 Å². The number of aromatic hydroxyl groups is 1. The Morgan fingerprint density at radius 1 is 1.25 bits per heavy atom. The van der Waals surface area contributed by atoms with Gasteiger partial charge in [-0.15, -0.1) is 0 Å². The summed E-state index contributed by atoms with van der Waals surface area (Å²) in [4.78, 5) is 2.36. The molecule has 2 spiro atoms. The van der Waals surface area contributed by atoms with Crippen molar-refractivity contribution in [2.45, 2.75) is 73.3 Å². The van der Waals surface area contributed by atoms with Gasteiger partial charge < -0.3 is 25.4 Å². The largest absolute Gasteiger partial charge is 0.504 e. The van der Waals surface area contributed by atoms with E-state index in [4.69, 9.17) is 4.74 Å². The maximum absolute atomic E-state index is 12.4. The summed E-state index contributed by atoms with van der Waals surface area (Å²) in [7, 11) is 1.97. The molecule has 4 aliphatic carbocycles. The van der Waals surface area contributed by atoms with Gasteiger partial charge in [0.2, 0.25) is 0 Å². The van der Waals surface area contributed by atoms with Crippen LogP contribution in [-0.4, -0.2) is 69.7 Å². The van der Waals surface area contributed by atoms with Crippen LogP contribution in [0.15, 0.2) is 12.1 Å². The maximum Gasteiger partial charge on any atom is 0.165 e. The number of β-amino-alcohol motifs (C(OH)–C–C–N with tert-alkyl or cyclic N) is 1. The zero-order valence-electron chi connectivity index (χ0n) is 16.2. The van der Waals surface area contributed by atoms with Gasteiger partial charge in [-0.2, -0.15) is 0 Å². The van der Waals surface area contributed by atoms with Crippen LogP contribution >= 0.6 is 0 Å². The lowest BCUT2D eigenvalue weighted by molar-refractivity contribution is -0.174. The van der Waals surface area contributed by atoms with Crippen LogP contribution < -0.4 is 10.1 Å². The van der Waals surface area contributed by atoms with Crippen LogP contribution in [0.25, 0.3) is 0 Å². The van der Waals surface area contributed by atoms with Gasteiger partial charge in [-0.1, -0.05) is 6.07 Å². The highest BCUT2D eigenvalue weighted by Crippen LogP contribution is 2.75. The predicted molar refractivity (Wildman–Crippen MR) is 102 cm³/mol. The van der Waals surface area contributed by atoms with E-state index in [-0.39, 0.29) is 29.4 Å². The Bertz CT molecular complexity index is 916. The summed E-state index contributed by atoms with van der Waals surface area (Å²) in [5.74, 6) is 0.797. The normalized spacial score (nSPS) is 48.5. The fourth-order valence-electron chi connectivity index (χ4n) is 8.19. The van der Waals surface area contributed by atoms with Crippen molar-refractivity contribution in [2.75, 3.05) is 20.1 Å². The van der Waals surface area contributed by atoms with Gasteiger partial charge in [0.1, 0.15) is 6.10 Å². The number of benzene rings is 1. The van der Waals surface area contributed by atoms with Gasteiger partial charge >= 0.3 is 0 Å². The Kier molecular flexibility index (Phi) is 2.67. The zero-order valence-corrected chi connectivity index (χ0v) is 16.2. The van der Waals surface area contributed by atoms with Gasteiger partial charge in [0.15, 0.2) is 11.5 Å². The summed E-state index contributed by atoms with van der Waals surface area (Å²) < 4.78 is 6.45. The first kappa shape index (κ1) is 16.5. The fourth-order valence-corrected chi connectivity index (χ4v) is 8.19. The number of nitrogens with one attached hydrogen (secondary N) is 1. The number of rotatable bonds is 3. The van der Waals surface area contributed by atoms with Crippen LogP contribution in [-0.2, 0) is 11.8 Å². The van der Waals surface area contributed by atoms with Gasteiger partial charge in [-0.25, -0.2) is 0 Å². The minimum atomic E-state index is -0.876. The van der Waals surface area contributed by atoms with Crippen molar-refractivity contribution in [3.05, 3.63) is 23.3 Å². The molecule has 2 aliphatic heterocycles. The van der Waals surface area contributed by atoms with Gasteiger partial charge in [-0.05, 0) is 57.2 Å². The Hall–Kier alpha value is -1.34. The fraction of sp³-hybridized carbons (Fsp3) is 0.727. The van der Waals surface area contributed by atoms with Crippen LogP contribution in [0, 0.1) is 5.41 Å². The number of ether oxygens (including phenoxy) is 1. The molecular weight excluding hydrogens is 356 g/mol. The van der Waals surface area contributed by atoms with Crippen molar-refractivity contribution in [3.63, 3.8) is 0 Å². The molecule has 150 valence electrons. The molecule has 1 saturated heterocycles. The lowest BCUT2D eigenvalue weighted by Gasteiger charge is -2.59. The summed E-state index contributed by atoms with van der Waals surface area (Å²) in [6.07, 6.45) is 5.02. The smallest absolute Gasteiger partial charge is 0.165 e. The first-order chi connectivity index (χ1) is 13.4. The molecular formula is C22H28N2O4. The molecule has 2 unspecified atom stereocenters. The second-order valence-corrected chi connectivity index (χ2v) is 10.6. The second kappa shape index (κ2) is 4.53. The minimum Gasteiger partial charge on any atom is -0.504 e. The number of aliphatic hydroxyl groups is 2.